The number of nitro benzene ring substituents is 1. The van der Waals surface area contributed by atoms with Crippen molar-refractivity contribution in [2.75, 3.05) is 6.61 Å². The number of carbonyl (C=O) groups is 1. The van der Waals surface area contributed by atoms with Gasteiger partial charge in [-0.2, -0.15) is 5.10 Å². The Bertz CT molecular complexity index is 785. The zero-order valence-electron chi connectivity index (χ0n) is 14.1. The van der Waals surface area contributed by atoms with E-state index in [9.17, 15) is 14.9 Å². The number of hydrogen-bond acceptors (Lipinski definition) is 5. The van der Waals surface area contributed by atoms with E-state index in [2.05, 4.69) is 17.5 Å². The van der Waals surface area contributed by atoms with Gasteiger partial charge in [0, 0.05) is 17.7 Å². The number of hydrogen-bond donors (Lipinski definition) is 1. The smallest absolute Gasteiger partial charge is 0.277 e. The second kappa shape index (κ2) is 8.58. The lowest BCUT2D eigenvalue weighted by Gasteiger charge is -2.06. The molecule has 0 spiro atoms. The topological polar surface area (TPSA) is 93.8 Å². The number of carbonyl (C=O) groups excluding carboxylic acids is 1. The van der Waals surface area contributed by atoms with Crippen LogP contribution in [0, 0.1) is 10.1 Å². The maximum absolute atomic E-state index is 11.8. The largest absolute Gasteiger partial charge is 0.484 e. The molecule has 0 aliphatic heterocycles. The zero-order chi connectivity index (χ0) is 18.2. The molecule has 130 valence electrons. The van der Waals surface area contributed by atoms with Crippen LogP contribution in [-0.4, -0.2) is 23.1 Å². The number of nitro groups is 1. The molecule has 0 bridgehead atoms. The fraction of sp³-hybridized carbons (Fsp3) is 0.222. The Morgan fingerprint density at radius 1 is 1.24 bits per heavy atom. The molecule has 2 aromatic rings. The summed E-state index contributed by atoms with van der Waals surface area (Å²) in [5.74, 6) is 0.191. The van der Waals surface area contributed by atoms with Crippen LogP contribution in [0.15, 0.2) is 53.6 Å². The molecule has 0 heterocycles. The van der Waals surface area contributed by atoms with Gasteiger partial charge in [0.1, 0.15) is 5.75 Å². The summed E-state index contributed by atoms with van der Waals surface area (Å²) in [5, 5.41) is 14.7. The SMILES string of the molecule is CCc1ccc(OCC(=O)N/N=C(\C)c2cccc([N+](=O)[O-])c2)cc1. The fourth-order valence-corrected chi connectivity index (χ4v) is 2.06. The third-order valence-electron chi connectivity index (χ3n) is 3.52. The van der Waals surface area contributed by atoms with Gasteiger partial charge < -0.3 is 4.74 Å². The number of non-ortho nitro benzene ring substituents is 1. The number of benzene rings is 2. The van der Waals surface area contributed by atoms with Gasteiger partial charge in [0.2, 0.25) is 0 Å². The summed E-state index contributed by atoms with van der Waals surface area (Å²) in [6, 6.07) is 13.5. The Morgan fingerprint density at radius 3 is 2.60 bits per heavy atom. The molecule has 1 N–H and O–H groups in total. The van der Waals surface area contributed by atoms with Crippen molar-refractivity contribution >= 4 is 17.3 Å². The molecule has 0 unspecified atom stereocenters. The van der Waals surface area contributed by atoms with Crippen molar-refractivity contribution in [2.24, 2.45) is 5.10 Å². The van der Waals surface area contributed by atoms with Gasteiger partial charge in [0.15, 0.2) is 6.61 Å². The molecule has 0 atom stereocenters. The number of aryl methyl sites for hydroxylation is 1. The van der Waals surface area contributed by atoms with Crippen LogP contribution >= 0.6 is 0 Å². The maximum atomic E-state index is 11.8. The van der Waals surface area contributed by atoms with Crippen LogP contribution in [0.5, 0.6) is 5.75 Å². The minimum atomic E-state index is -0.479. The summed E-state index contributed by atoms with van der Waals surface area (Å²) in [7, 11) is 0. The van der Waals surface area contributed by atoms with Crippen molar-refractivity contribution in [3.63, 3.8) is 0 Å². The monoisotopic (exact) mass is 341 g/mol. The molecule has 2 aromatic carbocycles. The van der Waals surface area contributed by atoms with Gasteiger partial charge in [-0.3, -0.25) is 14.9 Å². The van der Waals surface area contributed by atoms with Gasteiger partial charge in [-0.15, -0.1) is 0 Å². The Hall–Kier alpha value is -3.22. The van der Waals surface area contributed by atoms with Crippen LogP contribution in [0.3, 0.4) is 0 Å². The first-order chi connectivity index (χ1) is 12.0. The first kappa shape index (κ1) is 18.1. The highest BCUT2D eigenvalue weighted by Crippen LogP contribution is 2.14. The third-order valence-corrected chi connectivity index (χ3v) is 3.52. The van der Waals surface area contributed by atoms with Gasteiger partial charge in [0.05, 0.1) is 10.6 Å². The van der Waals surface area contributed by atoms with Crippen molar-refractivity contribution in [1.29, 1.82) is 0 Å². The molecule has 0 aliphatic rings. The van der Waals surface area contributed by atoms with E-state index in [0.717, 1.165) is 6.42 Å². The van der Waals surface area contributed by atoms with Gasteiger partial charge in [-0.1, -0.05) is 31.2 Å². The predicted octanol–water partition coefficient (Wildman–Crippen LogP) is 3.08. The minimum absolute atomic E-state index is 0.0303. The number of nitrogens with zero attached hydrogens (tertiary/aromatic N) is 2. The molecule has 0 aromatic heterocycles. The Labute approximate surface area is 145 Å². The van der Waals surface area contributed by atoms with Gasteiger partial charge >= 0.3 is 0 Å². The molecule has 0 aliphatic carbocycles. The highest BCUT2D eigenvalue weighted by molar-refractivity contribution is 5.99. The van der Waals surface area contributed by atoms with Crippen LogP contribution < -0.4 is 10.2 Å². The highest BCUT2D eigenvalue weighted by atomic mass is 16.6. The summed E-state index contributed by atoms with van der Waals surface area (Å²) in [4.78, 5) is 22.1. The highest BCUT2D eigenvalue weighted by Gasteiger charge is 2.08. The van der Waals surface area contributed by atoms with Crippen LogP contribution in [0.1, 0.15) is 25.0 Å². The van der Waals surface area contributed by atoms with Gasteiger partial charge in [-0.25, -0.2) is 5.43 Å². The van der Waals surface area contributed by atoms with Crippen molar-refractivity contribution in [1.82, 2.24) is 5.43 Å². The standard InChI is InChI=1S/C18H19N3O4/c1-3-14-7-9-17(10-8-14)25-12-18(22)20-19-13(2)15-5-4-6-16(11-15)21(23)24/h4-11H,3,12H2,1-2H3,(H,20,22)/b19-13+. The molecule has 0 saturated heterocycles. The number of hydrazone groups is 1. The molecular formula is C18H19N3O4. The van der Waals surface area contributed by atoms with Gasteiger partial charge in [-0.05, 0) is 31.0 Å². The second-order valence-electron chi connectivity index (χ2n) is 5.33. The van der Waals surface area contributed by atoms with E-state index in [0.29, 0.717) is 17.0 Å². The lowest BCUT2D eigenvalue weighted by Crippen LogP contribution is -2.25. The first-order valence-corrected chi connectivity index (χ1v) is 7.79. The van der Waals surface area contributed by atoms with E-state index in [1.165, 1.54) is 17.7 Å². The number of nitrogens with one attached hydrogen (secondary N) is 1. The van der Waals surface area contributed by atoms with Crippen molar-refractivity contribution in [3.8, 4) is 5.75 Å². The molecule has 1 amide bonds. The lowest BCUT2D eigenvalue weighted by molar-refractivity contribution is -0.384. The first-order valence-electron chi connectivity index (χ1n) is 7.79. The van der Waals surface area contributed by atoms with Crippen molar-refractivity contribution in [2.45, 2.75) is 20.3 Å². The van der Waals surface area contributed by atoms with E-state index in [-0.39, 0.29) is 12.3 Å². The maximum Gasteiger partial charge on any atom is 0.277 e. The Kier molecular flexibility index (Phi) is 6.22. The summed E-state index contributed by atoms with van der Waals surface area (Å²) in [6.45, 7) is 3.55. The van der Waals surface area contributed by atoms with Gasteiger partial charge in [0.25, 0.3) is 11.6 Å². The lowest BCUT2D eigenvalue weighted by atomic mass is 10.1. The summed E-state index contributed by atoms with van der Waals surface area (Å²) < 4.78 is 5.39. The van der Waals surface area contributed by atoms with E-state index in [1.54, 1.807) is 19.1 Å². The average molecular weight is 341 g/mol. The normalized spacial score (nSPS) is 11.0. The molecule has 7 heteroatoms. The summed E-state index contributed by atoms with van der Waals surface area (Å²) >= 11 is 0. The molecular weight excluding hydrogens is 322 g/mol. The average Bonchev–Trinajstić information content (AvgIpc) is 2.64. The van der Waals surface area contributed by atoms with Crippen LogP contribution in [0.4, 0.5) is 5.69 Å². The molecule has 7 nitrogen and oxygen atoms in total. The zero-order valence-corrected chi connectivity index (χ0v) is 14.1. The number of ether oxygens (including phenoxy) is 1. The van der Waals surface area contributed by atoms with Crippen LogP contribution in [0.2, 0.25) is 0 Å². The minimum Gasteiger partial charge on any atom is -0.484 e. The van der Waals surface area contributed by atoms with Crippen molar-refractivity contribution in [3.05, 3.63) is 69.8 Å². The molecule has 0 radical (unpaired) electrons. The second-order valence-corrected chi connectivity index (χ2v) is 5.33. The quantitative estimate of drug-likeness (QED) is 0.476. The van der Waals surface area contributed by atoms with E-state index in [4.69, 9.17) is 4.74 Å². The number of rotatable bonds is 7. The molecule has 0 saturated carbocycles. The molecule has 0 fully saturated rings. The summed E-state index contributed by atoms with van der Waals surface area (Å²) in [5.41, 5.74) is 4.56. The third kappa shape index (κ3) is 5.42. The number of amides is 1. The summed E-state index contributed by atoms with van der Waals surface area (Å²) in [6.07, 6.45) is 0.937. The van der Waals surface area contributed by atoms with Crippen LogP contribution in [-0.2, 0) is 11.2 Å². The fourth-order valence-electron chi connectivity index (χ4n) is 2.06. The van der Waals surface area contributed by atoms with E-state index in [1.807, 2.05) is 24.3 Å². The van der Waals surface area contributed by atoms with Crippen LogP contribution in [0.25, 0.3) is 0 Å². The van der Waals surface area contributed by atoms with Crippen molar-refractivity contribution < 1.29 is 14.5 Å². The molecule has 2 rings (SSSR count). The van der Waals surface area contributed by atoms with E-state index < -0.39 is 10.8 Å². The molecule has 25 heavy (non-hydrogen) atoms. The predicted molar refractivity (Wildman–Crippen MR) is 94.8 cm³/mol. The Balaban J connectivity index is 1.90. The Morgan fingerprint density at radius 2 is 1.96 bits per heavy atom. The van der Waals surface area contributed by atoms with E-state index >= 15 is 0 Å².